The van der Waals surface area contributed by atoms with Crippen LogP contribution in [0.4, 0.5) is 13.2 Å². The van der Waals surface area contributed by atoms with E-state index in [-0.39, 0.29) is 22.2 Å². The summed E-state index contributed by atoms with van der Waals surface area (Å²) in [6.45, 7) is 18.7. The molecule has 0 bridgehead atoms. The minimum atomic E-state index is -4.56. The molecular formula is C25H35F3Si2. The van der Waals surface area contributed by atoms with Crippen molar-refractivity contribution in [1.82, 2.24) is 0 Å². The molecule has 0 spiro atoms. The lowest BCUT2D eigenvalue weighted by molar-refractivity contribution is -0.0865. The molecule has 0 N–H and O–H groups in total. The fourth-order valence-corrected chi connectivity index (χ4v) is 9.72. The quantitative estimate of drug-likeness (QED) is 0.322. The predicted octanol–water partition coefficient (Wildman–Crippen LogP) is 8.10. The fraction of sp³-hybridized carbons (Fsp3) is 0.520. The molecule has 0 saturated heterocycles. The Morgan fingerprint density at radius 2 is 1.23 bits per heavy atom. The predicted molar refractivity (Wildman–Crippen MR) is 129 cm³/mol. The molecule has 0 atom stereocenters. The third-order valence-corrected chi connectivity index (χ3v) is 12.6. The van der Waals surface area contributed by atoms with Gasteiger partial charge in [0, 0.05) is 0 Å². The van der Waals surface area contributed by atoms with Crippen molar-refractivity contribution in [3.63, 3.8) is 0 Å². The maximum absolute atomic E-state index is 14.3. The first-order chi connectivity index (χ1) is 13.6. The average molecular weight is 449 g/mol. The van der Waals surface area contributed by atoms with Gasteiger partial charge in [0.2, 0.25) is 0 Å². The summed E-state index contributed by atoms with van der Waals surface area (Å²) >= 11 is 0. The Balaban J connectivity index is 3.95. The van der Waals surface area contributed by atoms with Gasteiger partial charge in [0.05, 0.1) is 5.57 Å². The van der Waals surface area contributed by atoms with Crippen LogP contribution in [0, 0.1) is 22.9 Å². The Morgan fingerprint density at radius 1 is 0.767 bits per heavy atom. The van der Waals surface area contributed by atoms with Crippen LogP contribution in [-0.4, -0.2) is 22.3 Å². The van der Waals surface area contributed by atoms with E-state index in [2.05, 4.69) is 64.5 Å². The monoisotopic (exact) mass is 448 g/mol. The first kappa shape index (κ1) is 26.3. The van der Waals surface area contributed by atoms with Gasteiger partial charge in [-0.25, -0.2) is 0 Å². The molecule has 0 unspecified atom stereocenters. The number of halogens is 3. The number of rotatable bonds is 4. The Bertz CT molecular complexity index is 841. The number of hydrogen-bond donors (Lipinski definition) is 0. The SMILES string of the molecule is CC(C)[Si](C#C/C(=C(/C#C[Si](C)(C)C)c1ccccc1)C(F)(F)F)(C(C)C)C(C)C. The second-order valence-corrected chi connectivity index (χ2v) is 20.1. The molecule has 0 radical (unpaired) electrons. The summed E-state index contributed by atoms with van der Waals surface area (Å²) < 4.78 is 42.8. The largest absolute Gasteiger partial charge is 0.425 e. The lowest BCUT2D eigenvalue weighted by Gasteiger charge is -2.38. The van der Waals surface area contributed by atoms with Gasteiger partial charge in [0.1, 0.15) is 21.7 Å². The van der Waals surface area contributed by atoms with Crippen molar-refractivity contribution in [2.75, 3.05) is 0 Å². The third-order valence-electron chi connectivity index (χ3n) is 5.43. The maximum Gasteiger partial charge on any atom is 0.425 e. The van der Waals surface area contributed by atoms with Gasteiger partial charge >= 0.3 is 6.18 Å². The molecule has 0 nitrogen and oxygen atoms in total. The normalized spacial score (nSPS) is 13.6. The average Bonchev–Trinajstić information content (AvgIpc) is 2.58. The van der Waals surface area contributed by atoms with Crippen molar-refractivity contribution in [2.24, 2.45) is 0 Å². The van der Waals surface area contributed by atoms with Crippen molar-refractivity contribution in [3.05, 3.63) is 41.5 Å². The van der Waals surface area contributed by atoms with Crippen LogP contribution in [0.3, 0.4) is 0 Å². The molecule has 0 fully saturated rings. The van der Waals surface area contributed by atoms with Gasteiger partial charge in [-0.1, -0.05) is 103 Å². The summed E-state index contributed by atoms with van der Waals surface area (Å²) in [4.78, 5) is 0. The van der Waals surface area contributed by atoms with Crippen LogP contribution >= 0.6 is 0 Å². The summed E-state index contributed by atoms with van der Waals surface area (Å²) in [6, 6.07) is 8.63. The van der Waals surface area contributed by atoms with E-state index in [1.54, 1.807) is 30.3 Å². The van der Waals surface area contributed by atoms with Gasteiger partial charge in [-0.15, -0.1) is 11.1 Å². The molecule has 1 aromatic rings. The van der Waals surface area contributed by atoms with E-state index in [1.807, 2.05) is 19.6 Å². The Morgan fingerprint density at radius 3 is 1.60 bits per heavy atom. The molecule has 0 aromatic heterocycles. The number of hydrogen-bond acceptors (Lipinski definition) is 0. The van der Waals surface area contributed by atoms with Crippen molar-refractivity contribution in [2.45, 2.75) is 84.0 Å². The van der Waals surface area contributed by atoms with Gasteiger partial charge < -0.3 is 0 Å². The third kappa shape index (κ3) is 6.66. The number of alkyl halides is 3. The highest BCUT2D eigenvalue weighted by Crippen LogP contribution is 2.41. The molecule has 0 saturated carbocycles. The first-order valence-electron chi connectivity index (χ1n) is 10.6. The number of benzene rings is 1. The standard InChI is InChI=1S/C25H35F3Si2/c1-19(2)30(20(3)4,21(5)6)18-16-24(25(26,27)28)23(15-17-29(7,8)9)22-13-11-10-12-14-22/h10-14,19-21H,1-9H3/b24-23+. The van der Waals surface area contributed by atoms with E-state index >= 15 is 0 Å². The van der Waals surface area contributed by atoms with Crippen LogP contribution in [0.25, 0.3) is 5.57 Å². The molecular weight excluding hydrogens is 413 g/mol. The Kier molecular flexibility index (Phi) is 8.84. The zero-order valence-corrected chi connectivity index (χ0v) is 21.8. The van der Waals surface area contributed by atoms with Gasteiger partial charge in [-0.05, 0) is 22.2 Å². The second kappa shape index (κ2) is 10.1. The van der Waals surface area contributed by atoms with Crippen LogP contribution in [0.5, 0.6) is 0 Å². The molecule has 1 aromatic carbocycles. The zero-order valence-electron chi connectivity index (χ0n) is 19.8. The summed E-state index contributed by atoms with van der Waals surface area (Å²) in [5.74, 6) is 5.55. The molecule has 164 valence electrons. The van der Waals surface area contributed by atoms with Crippen LogP contribution in [-0.2, 0) is 0 Å². The molecule has 1 rings (SSSR count). The molecule has 5 heteroatoms. The second-order valence-electron chi connectivity index (χ2n) is 9.76. The summed E-state index contributed by atoms with van der Waals surface area (Å²) in [5.41, 5.74) is 6.78. The van der Waals surface area contributed by atoms with Crippen LogP contribution in [0.1, 0.15) is 47.1 Å². The number of allylic oxidation sites excluding steroid dienone is 2. The molecule has 0 heterocycles. The van der Waals surface area contributed by atoms with E-state index in [1.165, 1.54) is 0 Å². The highest BCUT2D eigenvalue weighted by molar-refractivity contribution is 6.90. The smallest absolute Gasteiger partial charge is 0.165 e. The van der Waals surface area contributed by atoms with Gasteiger partial charge in [0.25, 0.3) is 0 Å². The van der Waals surface area contributed by atoms with Crippen LogP contribution < -0.4 is 0 Å². The minimum absolute atomic E-state index is 0.00260. The summed E-state index contributed by atoms with van der Waals surface area (Å²) in [7, 11) is -4.18. The summed E-state index contributed by atoms with van der Waals surface area (Å²) in [5, 5.41) is 0. The van der Waals surface area contributed by atoms with Gasteiger partial charge in [-0.2, -0.15) is 13.2 Å². The lowest BCUT2D eigenvalue weighted by atomic mass is 10.0. The van der Waals surface area contributed by atoms with Gasteiger partial charge in [0.15, 0.2) is 0 Å². The highest BCUT2D eigenvalue weighted by Gasteiger charge is 2.43. The van der Waals surface area contributed by atoms with E-state index in [4.69, 9.17) is 0 Å². The van der Waals surface area contributed by atoms with Gasteiger partial charge in [-0.3, -0.25) is 0 Å². The van der Waals surface area contributed by atoms with E-state index < -0.39 is 27.9 Å². The van der Waals surface area contributed by atoms with E-state index in [0.29, 0.717) is 5.56 Å². The van der Waals surface area contributed by atoms with E-state index in [9.17, 15) is 13.2 Å². The van der Waals surface area contributed by atoms with Crippen LogP contribution in [0.15, 0.2) is 35.9 Å². The summed E-state index contributed by atoms with van der Waals surface area (Å²) in [6.07, 6.45) is -4.56. The molecule has 0 amide bonds. The van der Waals surface area contributed by atoms with Crippen molar-refractivity contribution in [1.29, 1.82) is 0 Å². The Hall–Kier alpha value is -1.70. The van der Waals surface area contributed by atoms with Crippen molar-refractivity contribution < 1.29 is 13.2 Å². The van der Waals surface area contributed by atoms with Crippen molar-refractivity contribution >= 4 is 21.7 Å². The zero-order chi connectivity index (χ0) is 23.3. The molecule has 0 aliphatic carbocycles. The maximum atomic E-state index is 14.3. The molecule has 0 aliphatic heterocycles. The van der Waals surface area contributed by atoms with E-state index in [0.717, 1.165) is 0 Å². The molecule has 30 heavy (non-hydrogen) atoms. The minimum Gasteiger partial charge on any atom is -0.165 e. The first-order valence-corrected chi connectivity index (χ1v) is 16.3. The highest BCUT2D eigenvalue weighted by atomic mass is 28.3. The van der Waals surface area contributed by atoms with Crippen LogP contribution in [0.2, 0.25) is 36.3 Å². The topological polar surface area (TPSA) is 0 Å². The molecule has 0 aliphatic rings. The van der Waals surface area contributed by atoms with Crippen molar-refractivity contribution in [3.8, 4) is 22.9 Å². The Labute approximate surface area is 183 Å². The fourth-order valence-electron chi connectivity index (χ4n) is 4.01. The lowest BCUT2D eigenvalue weighted by Crippen LogP contribution is -2.43.